The summed E-state index contributed by atoms with van der Waals surface area (Å²) in [4.78, 5) is 11.8. The third-order valence-electron chi connectivity index (χ3n) is 3.45. The predicted molar refractivity (Wildman–Crippen MR) is 97.7 cm³/mol. The average molecular weight is 353 g/mol. The molecule has 0 saturated heterocycles. The molecule has 0 spiro atoms. The molecule has 0 radical (unpaired) electrons. The molecule has 0 unspecified atom stereocenters. The van der Waals surface area contributed by atoms with Crippen LogP contribution in [-0.2, 0) is 0 Å². The molecule has 3 aromatic rings. The number of ether oxygens (including phenoxy) is 1. The minimum absolute atomic E-state index is 0.280. The first kappa shape index (κ1) is 17.2. The standard InChI is InChI=1S/C17H19N7O2/c1-26-14-5-3-13(4-6-14)21-17(25)19-11-10-18-15-7-8-16(23-22-15)24-12-2-9-20-24/h2-9,12H,10-11H2,1H3,(H,18,22)(H2,19,21,25). The van der Waals surface area contributed by atoms with E-state index in [1.165, 1.54) is 0 Å². The van der Waals surface area contributed by atoms with Crippen LogP contribution in [0.1, 0.15) is 0 Å². The molecule has 9 heteroatoms. The van der Waals surface area contributed by atoms with Crippen molar-refractivity contribution in [1.29, 1.82) is 0 Å². The zero-order valence-electron chi connectivity index (χ0n) is 14.2. The van der Waals surface area contributed by atoms with Gasteiger partial charge in [0.2, 0.25) is 0 Å². The predicted octanol–water partition coefficient (Wildman–Crippen LogP) is 1.90. The number of carbonyl (C=O) groups excluding carboxylic acids is 1. The van der Waals surface area contributed by atoms with Crippen molar-refractivity contribution in [3.8, 4) is 11.6 Å². The summed E-state index contributed by atoms with van der Waals surface area (Å²) in [6.45, 7) is 0.955. The topological polar surface area (TPSA) is 106 Å². The fourth-order valence-corrected chi connectivity index (χ4v) is 2.16. The van der Waals surface area contributed by atoms with Crippen LogP contribution in [-0.4, -0.2) is 46.2 Å². The molecular weight excluding hydrogens is 334 g/mol. The number of rotatable bonds is 7. The lowest BCUT2D eigenvalue weighted by atomic mass is 10.3. The van der Waals surface area contributed by atoms with Crippen molar-refractivity contribution in [2.24, 2.45) is 0 Å². The van der Waals surface area contributed by atoms with Gasteiger partial charge in [0, 0.05) is 31.2 Å². The van der Waals surface area contributed by atoms with E-state index >= 15 is 0 Å². The van der Waals surface area contributed by atoms with E-state index in [1.807, 2.05) is 12.1 Å². The Kier molecular flexibility index (Phi) is 5.61. The Hall–Kier alpha value is -3.62. The zero-order chi connectivity index (χ0) is 18.2. The minimum atomic E-state index is -0.280. The maximum absolute atomic E-state index is 11.8. The molecule has 1 aromatic carbocycles. The lowest BCUT2D eigenvalue weighted by Gasteiger charge is -2.09. The molecule has 3 N–H and O–H groups in total. The van der Waals surface area contributed by atoms with Crippen LogP contribution in [0.4, 0.5) is 16.3 Å². The number of aromatic nitrogens is 4. The van der Waals surface area contributed by atoms with Crippen LogP contribution < -0.4 is 20.7 Å². The second kappa shape index (κ2) is 8.47. The van der Waals surface area contributed by atoms with Crippen molar-refractivity contribution in [2.45, 2.75) is 0 Å². The number of benzene rings is 1. The molecule has 0 aliphatic carbocycles. The van der Waals surface area contributed by atoms with Gasteiger partial charge < -0.3 is 20.7 Å². The number of nitrogens with zero attached hydrogens (tertiary/aromatic N) is 4. The Morgan fingerprint density at radius 2 is 1.96 bits per heavy atom. The normalized spacial score (nSPS) is 10.2. The van der Waals surface area contributed by atoms with Gasteiger partial charge in [-0.3, -0.25) is 0 Å². The summed E-state index contributed by atoms with van der Waals surface area (Å²) in [6.07, 6.45) is 3.47. The number of carbonyl (C=O) groups is 1. The van der Waals surface area contributed by atoms with Crippen molar-refractivity contribution < 1.29 is 9.53 Å². The van der Waals surface area contributed by atoms with Gasteiger partial charge in [-0.05, 0) is 42.5 Å². The van der Waals surface area contributed by atoms with Gasteiger partial charge in [-0.15, -0.1) is 10.2 Å². The SMILES string of the molecule is COc1ccc(NC(=O)NCCNc2ccc(-n3cccn3)nn2)cc1. The van der Waals surface area contributed by atoms with E-state index < -0.39 is 0 Å². The van der Waals surface area contributed by atoms with Crippen LogP contribution in [0.3, 0.4) is 0 Å². The fourth-order valence-electron chi connectivity index (χ4n) is 2.16. The lowest BCUT2D eigenvalue weighted by Crippen LogP contribution is -2.32. The van der Waals surface area contributed by atoms with Crippen LogP contribution >= 0.6 is 0 Å². The van der Waals surface area contributed by atoms with Crippen LogP contribution in [0.25, 0.3) is 5.82 Å². The van der Waals surface area contributed by atoms with E-state index in [4.69, 9.17) is 4.74 Å². The van der Waals surface area contributed by atoms with Crippen LogP contribution in [0.15, 0.2) is 54.9 Å². The quantitative estimate of drug-likeness (QED) is 0.560. The highest BCUT2D eigenvalue weighted by Crippen LogP contribution is 2.14. The van der Waals surface area contributed by atoms with E-state index in [0.717, 1.165) is 5.75 Å². The number of nitrogens with one attached hydrogen (secondary N) is 3. The Morgan fingerprint density at radius 3 is 2.62 bits per heavy atom. The largest absolute Gasteiger partial charge is 0.497 e. The highest BCUT2D eigenvalue weighted by Gasteiger charge is 2.02. The monoisotopic (exact) mass is 353 g/mol. The molecule has 2 heterocycles. The van der Waals surface area contributed by atoms with Crippen molar-refractivity contribution in [3.05, 3.63) is 54.9 Å². The van der Waals surface area contributed by atoms with Gasteiger partial charge in [0.15, 0.2) is 5.82 Å². The molecule has 9 nitrogen and oxygen atoms in total. The van der Waals surface area contributed by atoms with E-state index in [1.54, 1.807) is 54.5 Å². The third kappa shape index (κ3) is 4.69. The van der Waals surface area contributed by atoms with Gasteiger partial charge in [0.25, 0.3) is 0 Å². The van der Waals surface area contributed by atoms with Gasteiger partial charge in [-0.1, -0.05) is 0 Å². The van der Waals surface area contributed by atoms with Gasteiger partial charge in [-0.2, -0.15) is 5.10 Å². The second-order valence-corrected chi connectivity index (χ2v) is 5.26. The van der Waals surface area contributed by atoms with Crippen LogP contribution in [0.5, 0.6) is 5.75 Å². The highest BCUT2D eigenvalue weighted by atomic mass is 16.5. The first-order valence-electron chi connectivity index (χ1n) is 8.01. The Morgan fingerprint density at radius 1 is 1.12 bits per heavy atom. The molecule has 0 aliphatic rings. The maximum atomic E-state index is 11.8. The summed E-state index contributed by atoms with van der Waals surface area (Å²) in [6, 6.07) is 12.3. The van der Waals surface area contributed by atoms with Crippen molar-refractivity contribution in [1.82, 2.24) is 25.3 Å². The summed E-state index contributed by atoms with van der Waals surface area (Å²) in [7, 11) is 1.59. The van der Waals surface area contributed by atoms with Gasteiger partial charge in [0.1, 0.15) is 11.6 Å². The molecule has 0 saturated carbocycles. The van der Waals surface area contributed by atoms with Crippen LogP contribution in [0.2, 0.25) is 0 Å². The van der Waals surface area contributed by atoms with Gasteiger partial charge >= 0.3 is 6.03 Å². The van der Waals surface area contributed by atoms with Gasteiger partial charge in [-0.25, -0.2) is 9.48 Å². The van der Waals surface area contributed by atoms with Crippen molar-refractivity contribution >= 4 is 17.5 Å². The molecule has 26 heavy (non-hydrogen) atoms. The summed E-state index contributed by atoms with van der Waals surface area (Å²) in [5, 5.41) is 20.8. The molecule has 0 atom stereocenters. The number of urea groups is 1. The Labute approximate surface area is 150 Å². The van der Waals surface area contributed by atoms with Crippen LogP contribution in [0, 0.1) is 0 Å². The zero-order valence-corrected chi connectivity index (χ0v) is 14.2. The summed E-state index contributed by atoms with van der Waals surface area (Å²) >= 11 is 0. The Bertz CT molecular complexity index is 817. The molecule has 3 rings (SSSR count). The van der Waals surface area contributed by atoms with Crippen molar-refractivity contribution in [3.63, 3.8) is 0 Å². The summed E-state index contributed by atoms with van der Waals surface area (Å²) < 4.78 is 6.70. The smallest absolute Gasteiger partial charge is 0.319 e. The second-order valence-electron chi connectivity index (χ2n) is 5.26. The first-order valence-corrected chi connectivity index (χ1v) is 8.01. The van der Waals surface area contributed by atoms with E-state index in [2.05, 4.69) is 31.2 Å². The molecule has 0 bridgehead atoms. The van der Waals surface area contributed by atoms with Crippen molar-refractivity contribution in [2.75, 3.05) is 30.8 Å². The molecule has 2 amide bonds. The number of methoxy groups -OCH3 is 1. The number of anilines is 2. The maximum Gasteiger partial charge on any atom is 0.319 e. The Balaban J connectivity index is 1.38. The number of hydrogen-bond donors (Lipinski definition) is 3. The van der Waals surface area contributed by atoms with E-state index in [9.17, 15) is 4.79 Å². The minimum Gasteiger partial charge on any atom is -0.497 e. The average Bonchev–Trinajstić information content (AvgIpc) is 3.21. The summed E-state index contributed by atoms with van der Waals surface area (Å²) in [5.74, 6) is 2.00. The summed E-state index contributed by atoms with van der Waals surface area (Å²) in [5.41, 5.74) is 0.691. The molecule has 134 valence electrons. The number of amides is 2. The first-order chi connectivity index (χ1) is 12.7. The molecule has 2 aromatic heterocycles. The van der Waals surface area contributed by atoms with Gasteiger partial charge in [0.05, 0.1) is 7.11 Å². The third-order valence-corrected chi connectivity index (χ3v) is 3.45. The van der Waals surface area contributed by atoms with E-state index in [-0.39, 0.29) is 6.03 Å². The lowest BCUT2D eigenvalue weighted by molar-refractivity contribution is 0.252. The highest BCUT2D eigenvalue weighted by molar-refractivity contribution is 5.89. The number of hydrogen-bond acceptors (Lipinski definition) is 6. The molecule has 0 aliphatic heterocycles. The molecule has 0 fully saturated rings. The molecular formula is C17H19N7O2. The fraction of sp³-hybridized carbons (Fsp3) is 0.176. The van der Waals surface area contributed by atoms with E-state index in [0.29, 0.717) is 30.4 Å².